The van der Waals surface area contributed by atoms with E-state index in [9.17, 15) is 9.18 Å². The van der Waals surface area contributed by atoms with E-state index in [1.807, 2.05) is 6.92 Å². The predicted octanol–water partition coefficient (Wildman–Crippen LogP) is 3.28. The summed E-state index contributed by atoms with van der Waals surface area (Å²) in [5, 5.41) is 3.95. The van der Waals surface area contributed by atoms with Gasteiger partial charge in [0.05, 0.1) is 16.2 Å². The maximum Gasteiger partial charge on any atom is 0.267 e. The van der Waals surface area contributed by atoms with Gasteiger partial charge in [0.2, 0.25) is 0 Å². The zero-order chi connectivity index (χ0) is 16.8. The van der Waals surface area contributed by atoms with Crippen LogP contribution in [0.4, 0.5) is 4.39 Å². The number of hydrogen-bond acceptors (Lipinski definition) is 2. The van der Waals surface area contributed by atoms with Gasteiger partial charge in [-0.3, -0.25) is 4.79 Å². The van der Waals surface area contributed by atoms with Crippen LogP contribution in [0.3, 0.4) is 0 Å². The second-order valence-electron chi connectivity index (χ2n) is 6.19. The van der Waals surface area contributed by atoms with Crippen LogP contribution >= 0.6 is 11.6 Å². The summed E-state index contributed by atoms with van der Waals surface area (Å²) in [7, 11) is 0. The number of nitrogens with one attached hydrogen (secondary N) is 3. The van der Waals surface area contributed by atoms with Crippen molar-refractivity contribution in [3.05, 3.63) is 51.9 Å². The number of aromatic nitrogens is 3. The fourth-order valence-corrected chi connectivity index (χ4v) is 3.55. The lowest BCUT2D eigenvalue weighted by atomic mass is 9.96. The molecule has 1 aromatic carbocycles. The van der Waals surface area contributed by atoms with Gasteiger partial charge in [-0.1, -0.05) is 11.6 Å². The van der Waals surface area contributed by atoms with Gasteiger partial charge in [0.15, 0.2) is 0 Å². The van der Waals surface area contributed by atoms with Gasteiger partial charge in [-0.15, -0.1) is 0 Å². The minimum atomic E-state index is -0.435. The highest BCUT2D eigenvalue weighted by molar-refractivity contribution is 6.35. The van der Waals surface area contributed by atoms with Gasteiger partial charge in [-0.25, -0.2) is 9.37 Å². The summed E-state index contributed by atoms with van der Waals surface area (Å²) < 4.78 is 13.4. The zero-order valence-corrected chi connectivity index (χ0v) is 13.8. The zero-order valence-electron chi connectivity index (χ0n) is 13.0. The molecule has 0 saturated heterocycles. The van der Waals surface area contributed by atoms with Crippen molar-refractivity contribution < 1.29 is 9.18 Å². The van der Waals surface area contributed by atoms with Crippen LogP contribution < -0.4 is 5.32 Å². The van der Waals surface area contributed by atoms with Gasteiger partial charge in [0.25, 0.3) is 5.91 Å². The van der Waals surface area contributed by atoms with Crippen molar-refractivity contribution in [2.45, 2.75) is 32.2 Å². The molecule has 0 saturated carbocycles. The van der Waals surface area contributed by atoms with E-state index >= 15 is 0 Å². The Hall–Kier alpha value is -2.34. The molecule has 0 radical (unpaired) electrons. The monoisotopic (exact) mass is 346 g/mol. The number of rotatable bonds is 2. The number of amides is 1. The summed E-state index contributed by atoms with van der Waals surface area (Å²) in [5.41, 5.74) is 3.07. The Morgan fingerprint density at radius 2 is 2.21 bits per heavy atom. The van der Waals surface area contributed by atoms with Crippen LogP contribution in [0, 0.1) is 12.7 Å². The summed E-state index contributed by atoms with van der Waals surface area (Å²) in [4.78, 5) is 23.1. The Kier molecular flexibility index (Phi) is 3.57. The first kappa shape index (κ1) is 15.2. The number of halogens is 2. The first-order valence-corrected chi connectivity index (χ1v) is 8.20. The van der Waals surface area contributed by atoms with E-state index in [2.05, 4.69) is 20.3 Å². The molecule has 0 bridgehead atoms. The summed E-state index contributed by atoms with van der Waals surface area (Å²) in [6.45, 7) is 1.93. The number of imidazole rings is 1. The van der Waals surface area contributed by atoms with E-state index in [1.165, 1.54) is 12.1 Å². The summed E-state index contributed by atoms with van der Waals surface area (Å²) >= 11 is 6.03. The number of benzene rings is 1. The number of H-pyrrole nitrogens is 2. The molecule has 1 unspecified atom stereocenters. The number of nitrogens with zero attached hydrogens (tertiary/aromatic N) is 1. The number of hydrogen-bond donors (Lipinski definition) is 3. The van der Waals surface area contributed by atoms with Crippen LogP contribution in [0.15, 0.2) is 18.2 Å². The van der Waals surface area contributed by atoms with Crippen molar-refractivity contribution in [2.24, 2.45) is 0 Å². The van der Waals surface area contributed by atoms with Crippen LogP contribution in [0.1, 0.15) is 34.1 Å². The lowest BCUT2D eigenvalue weighted by Crippen LogP contribution is -2.39. The Morgan fingerprint density at radius 3 is 3.04 bits per heavy atom. The molecular weight excluding hydrogens is 331 g/mol. The maximum atomic E-state index is 13.4. The summed E-state index contributed by atoms with van der Waals surface area (Å²) in [5.74, 6) is 0.252. The van der Waals surface area contributed by atoms with E-state index in [-0.39, 0.29) is 17.0 Å². The lowest BCUT2D eigenvalue weighted by Gasteiger charge is -2.22. The maximum absolute atomic E-state index is 13.4. The van der Waals surface area contributed by atoms with Crippen molar-refractivity contribution in [3.63, 3.8) is 0 Å². The highest BCUT2D eigenvalue weighted by Gasteiger charge is 2.24. The molecule has 2 heterocycles. The molecule has 124 valence electrons. The van der Waals surface area contributed by atoms with Gasteiger partial charge in [-0.2, -0.15) is 0 Å². The van der Waals surface area contributed by atoms with E-state index in [1.54, 1.807) is 6.07 Å². The van der Waals surface area contributed by atoms with Crippen molar-refractivity contribution in [2.75, 3.05) is 0 Å². The minimum absolute atomic E-state index is 0.0449. The Bertz CT molecular complexity index is 946. The molecule has 2 aromatic heterocycles. The van der Waals surface area contributed by atoms with Gasteiger partial charge in [0.1, 0.15) is 17.3 Å². The topological polar surface area (TPSA) is 73.6 Å². The molecule has 0 spiro atoms. The Morgan fingerprint density at radius 1 is 1.38 bits per heavy atom. The molecule has 0 fully saturated rings. The molecule has 7 heteroatoms. The standard InChI is InChI=1S/C17H16ClFN4O/c1-8-20-13-3-2-10(6-15(13)21-8)22-17(24)16-7-11-12(18)4-9(19)5-14(11)23-16/h4-5,7,10,23H,2-3,6H2,1H3,(H,20,21)(H,22,24). The fraction of sp³-hybridized carbons (Fsp3) is 0.294. The average molecular weight is 347 g/mol. The van der Waals surface area contributed by atoms with Crippen molar-refractivity contribution in [3.8, 4) is 0 Å². The molecule has 1 atom stereocenters. The SMILES string of the molecule is Cc1nc2c([nH]1)CC(NC(=O)c1cc3c(Cl)cc(F)cc3[nH]1)CC2. The number of carbonyl (C=O) groups excluding carboxylic acids is 1. The molecule has 3 aromatic rings. The molecule has 4 rings (SSSR count). The smallest absolute Gasteiger partial charge is 0.267 e. The van der Waals surface area contributed by atoms with Crippen LogP contribution in [-0.4, -0.2) is 26.9 Å². The third kappa shape index (κ3) is 2.67. The molecule has 5 nitrogen and oxygen atoms in total. The predicted molar refractivity (Wildman–Crippen MR) is 89.9 cm³/mol. The lowest BCUT2D eigenvalue weighted by molar-refractivity contribution is 0.0929. The fourth-order valence-electron chi connectivity index (χ4n) is 3.29. The third-order valence-corrected chi connectivity index (χ3v) is 4.71. The first-order chi connectivity index (χ1) is 11.5. The molecule has 1 amide bonds. The van der Waals surface area contributed by atoms with Crippen LogP contribution in [0.5, 0.6) is 0 Å². The Balaban J connectivity index is 1.53. The van der Waals surface area contributed by atoms with Crippen molar-refractivity contribution >= 4 is 28.4 Å². The molecule has 3 N–H and O–H groups in total. The molecule has 0 aliphatic heterocycles. The van der Waals surface area contributed by atoms with Gasteiger partial charge < -0.3 is 15.3 Å². The molecule has 1 aliphatic carbocycles. The highest BCUT2D eigenvalue weighted by Crippen LogP contribution is 2.26. The number of aromatic amines is 2. The molecule has 1 aliphatic rings. The quantitative estimate of drug-likeness (QED) is 0.666. The van der Waals surface area contributed by atoms with Crippen molar-refractivity contribution in [1.29, 1.82) is 0 Å². The Labute approximate surface area is 142 Å². The van der Waals surface area contributed by atoms with Gasteiger partial charge >= 0.3 is 0 Å². The summed E-state index contributed by atoms with van der Waals surface area (Å²) in [6, 6.07) is 4.27. The second-order valence-corrected chi connectivity index (χ2v) is 6.60. The van der Waals surface area contributed by atoms with E-state index in [4.69, 9.17) is 11.6 Å². The number of fused-ring (bicyclic) bond motifs is 2. The summed E-state index contributed by atoms with van der Waals surface area (Å²) in [6.07, 6.45) is 2.42. The van der Waals surface area contributed by atoms with Crippen LogP contribution in [-0.2, 0) is 12.8 Å². The minimum Gasteiger partial charge on any atom is -0.350 e. The van der Waals surface area contributed by atoms with Crippen molar-refractivity contribution in [1.82, 2.24) is 20.3 Å². The third-order valence-electron chi connectivity index (χ3n) is 4.40. The van der Waals surface area contributed by atoms with Gasteiger partial charge in [0, 0.05) is 23.5 Å². The largest absolute Gasteiger partial charge is 0.350 e. The van der Waals surface area contributed by atoms with E-state index < -0.39 is 5.82 Å². The highest BCUT2D eigenvalue weighted by atomic mass is 35.5. The van der Waals surface area contributed by atoms with E-state index in [0.29, 0.717) is 16.6 Å². The molecular formula is C17H16ClFN4O. The van der Waals surface area contributed by atoms with Crippen LogP contribution in [0.25, 0.3) is 10.9 Å². The average Bonchev–Trinajstić information content (AvgIpc) is 3.09. The van der Waals surface area contributed by atoms with Crippen LogP contribution in [0.2, 0.25) is 5.02 Å². The number of aryl methyl sites for hydroxylation is 2. The van der Waals surface area contributed by atoms with Gasteiger partial charge in [-0.05, 0) is 38.0 Å². The second kappa shape index (κ2) is 5.63. The van der Waals surface area contributed by atoms with E-state index in [0.717, 1.165) is 36.5 Å². The first-order valence-electron chi connectivity index (χ1n) is 7.82. The molecule has 24 heavy (non-hydrogen) atoms. The number of carbonyl (C=O) groups is 1. The normalized spacial score (nSPS) is 17.0.